The molecule has 0 aliphatic rings. The van der Waals surface area contributed by atoms with Gasteiger partial charge in [-0.1, -0.05) is 0 Å². The van der Waals surface area contributed by atoms with Crippen molar-refractivity contribution in [3.8, 4) is 17.2 Å². The van der Waals surface area contributed by atoms with Crippen LogP contribution < -0.4 is 5.73 Å². The number of anilines is 1. The molecule has 2 aromatic rings. The molecule has 0 spiro atoms. The van der Waals surface area contributed by atoms with Gasteiger partial charge in [-0.05, 0) is 24.6 Å². The van der Waals surface area contributed by atoms with Crippen LogP contribution in [0, 0.1) is 28.4 Å². The molecule has 18 heavy (non-hydrogen) atoms. The fourth-order valence-electron chi connectivity index (χ4n) is 1.77. The van der Waals surface area contributed by atoms with Gasteiger partial charge in [0.05, 0.1) is 10.5 Å². The molecule has 0 saturated carbocycles. The molecule has 0 atom stereocenters. The van der Waals surface area contributed by atoms with Crippen LogP contribution in [0.4, 0.5) is 10.7 Å². The van der Waals surface area contributed by atoms with Crippen molar-refractivity contribution in [3.63, 3.8) is 0 Å². The summed E-state index contributed by atoms with van der Waals surface area (Å²) < 4.78 is 0. The Morgan fingerprint density at radius 2 is 2.00 bits per heavy atom. The lowest BCUT2D eigenvalue weighted by Crippen LogP contribution is -1.89. The standard InChI is InChI=1S/C12H9N3O2S/c1-7-11(10(6-13)12(14)18-7)8-2-4-9(5-3-8)15(16)17/h2-5H,14H2,1H3. The number of nitriles is 1. The van der Waals surface area contributed by atoms with Crippen LogP contribution in [0.25, 0.3) is 11.1 Å². The van der Waals surface area contributed by atoms with E-state index in [9.17, 15) is 10.1 Å². The minimum atomic E-state index is -0.455. The molecule has 1 heterocycles. The number of nitro groups is 1. The Hall–Kier alpha value is -2.39. The highest BCUT2D eigenvalue weighted by atomic mass is 32.1. The first-order valence-corrected chi connectivity index (χ1v) is 5.90. The van der Waals surface area contributed by atoms with Crippen LogP contribution in [-0.2, 0) is 0 Å². The molecule has 90 valence electrons. The van der Waals surface area contributed by atoms with Gasteiger partial charge in [0.2, 0.25) is 0 Å². The molecule has 0 amide bonds. The lowest BCUT2D eigenvalue weighted by Gasteiger charge is -2.01. The van der Waals surface area contributed by atoms with Gasteiger partial charge in [0.1, 0.15) is 11.1 Å². The van der Waals surface area contributed by atoms with Crippen LogP contribution in [0.1, 0.15) is 10.4 Å². The van der Waals surface area contributed by atoms with Crippen LogP contribution in [0.3, 0.4) is 0 Å². The molecular formula is C12H9N3O2S. The van der Waals surface area contributed by atoms with Gasteiger partial charge < -0.3 is 5.73 Å². The number of hydrogen-bond donors (Lipinski definition) is 1. The summed E-state index contributed by atoms with van der Waals surface area (Å²) >= 11 is 1.35. The fraction of sp³-hybridized carbons (Fsp3) is 0.0833. The van der Waals surface area contributed by atoms with Gasteiger partial charge in [0.25, 0.3) is 5.69 Å². The summed E-state index contributed by atoms with van der Waals surface area (Å²) in [5, 5.41) is 20.1. The SMILES string of the molecule is Cc1sc(N)c(C#N)c1-c1ccc([N+](=O)[O-])cc1. The molecule has 0 aliphatic carbocycles. The number of nitrogen functional groups attached to an aromatic ring is 1. The van der Waals surface area contributed by atoms with E-state index in [4.69, 9.17) is 11.0 Å². The number of rotatable bonds is 2. The van der Waals surface area contributed by atoms with E-state index < -0.39 is 4.92 Å². The second-order valence-corrected chi connectivity index (χ2v) is 4.94. The lowest BCUT2D eigenvalue weighted by atomic mass is 10.0. The molecule has 0 unspecified atom stereocenters. The molecule has 0 saturated heterocycles. The van der Waals surface area contributed by atoms with Gasteiger partial charge in [-0.2, -0.15) is 5.26 Å². The average molecular weight is 259 g/mol. The number of benzene rings is 1. The molecule has 1 aromatic carbocycles. The largest absolute Gasteiger partial charge is 0.389 e. The highest BCUT2D eigenvalue weighted by molar-refractivity contribution is 7.16. The third-order valence-electron chi connectivity index (χ3n) is 2.59. The Labute approximate surface area is 107 Å². The Bertz CT molecular complexity index is 653. The second kappa shape index (κ2) is 4.47. The van der Waals surface area contributed by atoms with E-state index in [1.54, 1.807) is 12.1 Å². The molecule has 5 nitrogen and oxygen atoms in total. The van der Waals surface area contributed by atoms with Gasteiger partial charge in [0, 0.05) is 22.6 Å². The van der Waals surface area contributed by atoms with Crippen LogP contribution in [-0.4, -0.2) is 4.92 Å². The summed E-state index contributed by atoms with van der Waals surface area (Å²) in [6, 6.07) is 8.18. The summed E-state index contributed by atoms with van der Waals surface area (Å²) in [6.45, 7) is 1.87. The van der Waals surface area contributed by atoms with Crippen LogP contribution >= 0.6 is 11.3 Å². The van der Waals surface area contributed by atoms with Crippen molar-refractivity contribution in [1.29, 1.82) is 5.26 Å². The predicted octanol–water partition coefficient (Wildman–Crippen LogP) is 3.09. The maximum Gasteiger partial charge on any atom is 0.269 e. The first-order valence-electron chi connectivity index (χ1n) is 5.08. The number of aryl methyl sites for hydroxylation is 1. The van der Waals surface area contributed by atoms with Crippen LogP contribution in [0.15, 0.2) is 24.3 Å². The first-order chi connectivity index (χ1) is 8.54. The number of nitrogens with zero attached hydrogens (tertiary/aromatic N) is 2. The Morgan fingerprint density at radius 1 is 1.39 bits per heavy atom. The zero-order valence-electron chi connectivity index (χ0n) is 9.51. The van der Waals surface area contributed by atoms with Crippen molar-refractivity contribution in [2.45, 2.75) is 6.92 Å². The first kappa shape index (κ1) is 12.1. The van der Waals surface area contributed by atoms with Crippen molar-refractivity contribution in [2.24, 2.45) is 0 Å². The minimum absolute atomic E-state index is 0.0260. The molecule has 1 aromatic heterocycles. The van der Waals surface area contributed by atoms with Crippen LogP contribution in [0.5, 0.6) is 0 Å². The number of nitrogens with two attached hydrogens (primary N) is 1. The second-order valence-electron chi connectivity index (χ2n) is 3.69. The van der Waals surface area contributed by atoms with E-state index in [0.717, 1.165) is 16.0 Å². The van der Waals surface area contributed by atoms with Crippen molar-refractivity contribution in [3.05, 3.63) is 44.8 Å². The third-order valence-corrected chi connectivity index (χ3v) is 3.52. The zero-order valence-corrected chi connectivity index (χ0v) is 10.3. The maximum atomic E-state index is 10.6. The van der Waals surface area contributed by atoms with E-state index in [-0.39, 0.29) is 5.69 Å². The Balaban J connectivity index is 2.56. The molecular weight excluding hydrogens is 250 g/mol. The van der Waals surface area contributed by atoms with Crippen LogP contribution in [0.2, 0.25) is 0 Å². The van der Waals surface area contributed by atoms with Crippen molar-refractivity contribution >= 4 is 22.0 Å². The quantitative estimate of drug-likeness (QED) is 0.662. The molecule has 0 bridgehead atoms. The molecule has 0 fully saturated rings. The van der Waals surface area contributed by atoms with E-state index >= 15 is 0 Å². The molecule has 6 heteroatoms. The summed E-state index contributed by atoms with van der Waals surface area (Å²) in [5.41, 5.74) is 7.74. The number of nitro benzene ring substituents is 1. The maximum absolute atomic E-state index is 10.6. The highest BCUT2D eigenvalue weighted by Gasteiger charge is 2.16. The molecule has 0 radical (unpaired) electrons. The number of thiophene rings is 1. The zero-order chi connectivity index (χ0) is 13.3. The van der Waals surface area contributed by atoms with Crippen molar-refractivity contribution in [1.82, 2.24) is 0 Å². The normalized spacial score (nSPS) is 10.0. The summed E-state index contributed by atoms with van der Waals surface area (Å²) in [4.78, 5) is 11.1. The number of non-ortho nitro benzene ring substituents is 1. The van der Waals surface area contributed by atoms with Gasteiger partial charge in [0.15, 0.2) is 0 Å². The van der Waals surface area contributed by atoms with E-state index in [1.807, 2.05) is 6.92 Å². The molecule has 0 aliphatic heterocycles. The highest BCUT2D eigenvalue weighted by Crippen LogP contribution is 2.37. The lowest BCUT2D eigenvalue weighted by molar-refractivity contribution is -0.384. The topological polar surface area (TPSA) is 93.0 Å². The third kappa shape index (κ3) is 1.92. The monoisotopic (exact) mass is 259 g/mol. The van der Waals surface area contributed by atoms with E-state index in [0.29, 0.717) is 10.6 Å². The molecule has 2 rings (SSSR count). The van der Waals surface area contributed by atoms with Crippen molar-refractivity contribution in [2.75, 3.05) is 5.73 Å². The summed E-state index contributed by atoms with van der Waals surface area (Å²) in [5.74, 6) is 0. The Morgan fingerprint density at radius 3 is 2.50 bits per heavy atom. The summed E-state index contributed by atoms with van der Waals surface area (Å²) in [7, 11) is 0. The van der Waals surface area contributed by atoms with Gasteiger partial charge >= 0.3 is 0 Å². The Kier molecular flexibility index (Phi) is 3.00. The number of hydrogen-bond acceptors (Lipinski definition) is 5. The molecule has 2 N–H and O–H groups in total. The van der Waals surface area contributed by atoms with E-state index in [1.165, 1.54) is 23.5 Å². The smallest absolute Gasteiger partial charge is 0.269 e. The van der Waals surface area contributed by atoms with Crippen molar-refractivity contribution < 1.29 is 4.92 Å². The van der Waals surface area contributed by atoms with E-state index in [2.05, 4.69) is 6.07 Å². The van der Waals surface area contributed by atoms with Gasteiger partial charge in [-0.15, -0.1) is 11.3 Å². The van der Waals surface area contributed by atoms with Gasteiger partial charge in [-0.25, -0.2) is 0 Å². The predicted molar refractivity (Wildman–Crippen MR) is 70.3 cm³/mol. The fourth-order valence-corrected chi connectivity index (χ4v) is 2.68. The summed E-state index contributed by atoms with van der Waals surface area (Å²) in [6.07, 6.45) is 0. The van der Waals surface area contributed by atoms with Gasteiger partial charge in [-0.3, -0.25) is 10.1 Å². The average Bonchev–Trinajstić information content (AvgIpc) is 2.63. The minimum Gasteiger partial charge on any atom is -0.389 e.